The molecular formula is C41H25N3O. The van der Waals surface area contributed by atoms with Crippen LogP contribution in [-0.4, -0.2) is 15.0 Å². The molecule has 0 aliphatic carbocycles. The van der Waals surface area contributed by atoms with Gasteiger partial charge in [-0.25, -0.2) is 15.0 Å². The molecule has 45 heavy (non-hydrogen) atoms. The first kappa shape index (κ1) is 21.5. The summed E-state index contributed by atoms with van der Waals surface area (Å²) >= 11 is 0. The molecule has 0 N–H and O–H groups in total. The number of hydrogen-bond acceptors (Lipinski definition) is 4. The van der Waals surface area contributed by atoms with E-state index in [9.17, 15) is 0 Å². The van der Waals surface area contributed by atoms with Gasteiger partial charge in [-0.3, -0.25) is 0 Å². The number of furan rings is 1. The Hall–Kier alpha value is -6.13. The first-order chi connectivity index (χ1) is 23.9. The van der Waals surface area contributed by atoms with Crippen LogP contribution in [0.25, 0.3) is 88.8 Å². The van der Waals surface area contributed by atoms with Gasteiger partial charge in [0.2, 0.25) is 0 Å². The molecule has 0 radical (unpaired) electrons. The zero-order valence-corrected chi connectivity index (χ0v) is 23.9. The molecule has 7 aromatic carbocycles. The summed E-state index contributed by atoms with van der Waals surface area (Å²) in [6.07, 6.45) is 0. The summed E-state index contributed by atoms with van der Waals surface area (Å²) < 4.78 is 40.7. The van der Waals surface area contributed by atoms with Gasteiger partial charge in [0, 0.05) is 27.5 Å². The number of para-hydroxylation sites is 1. The minimum atomic E-state index is 0.0104. The van der Waals surface area contributed by atoms with E-state index in [-0.39, 0.29) is 41.2 Å². The quantitative estimate of drug-likeness (QED) is 0.195. The van der Waals surface area contributed by atoms with E-state index < -0.39 is 0 Å². The highest BCUT2D eigenvalue weighted by molar-refractivity contribution is 6.12. The Morgan fingerprint density at radius 1 is 0.444 bits per heavy atom. The van der Waals surface area contributed by atoms with Gasteiger partial charge in [-0.15, -0.1) is 0 Å². The molecule has 0 spiro atoms. The van der Waals surface area contributed by atoms with Gasteiger partial charge in [-0.2, -0.15) is 0 Å². The fourth-order valence-electron chi connectivity index (χ4n) is 6.12. The molecule has 2 aromatic heterocycles. The summed E-state index contributed by atoms with van der Waals surface area (Å²) in [5.41, 5.74) is 4.34. The van der Waals surface area contributed by atoms with Crippen LogP contribution in [0.2, 0.25) is 0 Å². The number of aromatic nitrogens is 3. The normalized spacial score (nSPS) is 12.8. The van der Waals surface area contributed by atoms with E-state index in [1.54, 1.807) is 6.07 Å². The van der Waals surface area contributed by atoms with E-state index in [2.05, 4.69) is 36.4 Å². The Labute approximate surface area is 264 Å². The van der Waals surface area contributed by atoms with E-state index >= 15 is 0 Å². The molecule has 0 amide bonds. The van der Waals surface area contributed by atoms with Crippen molar-refractivity contribution >= 4 is 43.5 Å². The Morgan fingerprint density at radius 2 is 1.13 bits per heavy atom. The van der Waals surface area contributed by atoms with Gasteiger partial charge in [0.15, 0.2) is 17.5 Å². The lowest BCUT2D eigenvalue weighted by molar-refractivity contribution is 0.669. The predicted octanol–water partition coefficient (Wildman–Crippen LogP) is 10.7. The van der Waals surface area contributed by atoms with Crippen molar-refractivity contribution < 1.29 is 9.90 Å². The van der Waals surface area contributed by atoms with Crippen LogP contribution in [0.5, 0.6) is 0 Å². The van der Waals surface area contributed by atoms with Gasteiger partial charge in [-0.1, -0.05) is 133 Å². The van der Waals surface area contributed by atoms with Crippen molar-refractivity contribution in [3.63, 3.8) is 0 Å². The largest absolute Gasteiger partial charge is 0.456 e. The van der Waals surface area contributed by atoms with Crippen LogP contribution in [0.15, 0.2) is 156 Å². The van der Waals surface area contributed by atoms with Crippen molar-refractivity contribution in [1.82, 2.24) is 15.0 Å². The highest BCUT2D eigenvalue weighted by Gasteiger charge is 2.19. The minimum absolute atomic E-state index is 0.0104. The van der Waals surface area contributed by atoms with Crippen LogP contribution in [0.1, 0.15) is 5.48 Å². The van der Waals surface area contributed by atoms with Gasteiger partial charge < -0.3 is 4.42 Å². The molecule has 0 fully saturated rings. The second-order valence-electron chi connectivity index (χ2n) is 10.9. The molecule has 0 bridgehead atoms. The first-order valence-corrected chi connectivity index (χ1v) is 14.7. The van der Waals surface area contributed by atoms with Crippen LogP contribution < -0.4 is 0 Å². The molecular weight excluding hydrogens is 550 g/mol. The zero-order valence-electron chi connectivity index (χ0n) is 27.9. The molecule has 0 saturated carbocycles. The lowest BCUT2D eigenvalue weighted by atomic mass is 9.98. The van der Waals surface area contributed by atoms with Crippen LogP contribution in [0, 0.1) is 0 Å². The van der Waals surface area contributed by atoms with Crippen LogP contribution in [0.3, 0.4) is 0 Å². The van der Waals surface area contributed by atoms with Gasteiger partial charge >= 0.3 is 0 Å². The number of rotatable bonds is 4. The van der Waals surface area contributed by atoms with Crippen molar-refractivity contribution in [1.29, 1.82) is 0 Å². The lowest BCUT2D eigenvalue weighted by Gasteiger charge is -2.13. The molecule has 0 atom stereocenters. The number of benzene rings is 7. The predicted molar refractivity (Wildman–Crippen MR) is 184 cm³/mol. The maximum Gasteiger partial charge on any atom is 0.164 e. The van der Waals surface area contributed by atoms with Crippen molar-refractivity contribution in [2.75, 3.05) is 0 Å². The third-order valence-electron chi connectivity index (χ3n) is 8.25. The Bertz CT molecular complexity index is 2780. The topological polar surface area (TPSA) is 51.8 Å². The van der Waals surface area contributed by atoms with E-state index in [4.69, 9.17) is 24.9 Å². The standard InChI is InChI=1S/C41H25N3O/c1-2-11-26(12-3-1)30-14-6-7-16-32(30)40-42-39(29-24-23-28-22-21-27-13-4-5-15-31(27)35(28)25-29)43-41(44-40)34-18-10-20-37-38(34)33-17-8-9-19-36(33)45-37/h1-25H/i8D,18D,19D,20D. The molecule has 0 saturated heterocycles. The molecule has 4 nitrogen and oxygen atoms in total. The fourth-order valence-corrected chi connectivity index (χ4v) is 6.12. The molecule has 2 heterocycles. The summed E-state index contributed by atoms with van der Waals surface area (Å²) in [7, 11) is 0. The molecule has 0 unspecified atom stereocenters. The van der Waals surface area contributed by atoms with E-state index in [1.165, 1.54) is 12.1 Å². The second-order valence-corrected chi connectivity index (χ2v) is 10.9. The highest BCUT2D eigenvalue weighted by Crippen LogP contribution is 2.38. The average molecular weight is 580 g/mol. The third-order valence-corrected chi connectivity index (χ3v) is 8.25. The molecule has 0 aliphatic heterocycles. The summed E-state index contributed by atoms with van der Waals surface area (Å²) in [6.45, 7) is 0. The van der Waals surface area contributed by atoms with Crippen molar-refractivity contribution in [3.8, 4) is 45.3 Å². The lowest BCUT2D eigenvalue weighted by Crippen LogP contribution is -2.01. The zero-order chi connectivity index (χ0) is 33.2. The molecule has 9 aromatic rings. The maximum atomic E-state index is 9.12. The van der Waals surface area contributed by atoms with E-state index in [1.807, 2.05) is 72.8 Å². The highest BCUT2D eigenvalue weighted by atomic mass is 16.3. The first-order valence-electron chi connectivity index (χ1n) is 16.7. The summed E-state index contributed by atoms with van der Waals surface area (Å²) in [4.78, 5) is 15.1. The number of fused-ring (bicyclic) bond motifs is 6. The van der Waals surface area contributed by atoms with Crippen LogP contribution in [0.4, 0.5) is 0 Å². The Morgan fingerprint density at radius 3 is 2.02 bits per heavy atom. The summed E-state index contributed by atoms with van der Waals surface area (Å²) in [6, 6.07) is 41.3. The molecule has 9 rings (SSSR count). The van der Waals surface area contributed by atoms with Crippen molar-refractivity contribution in [2.24, 2.45) is 0 Å². The van der Waals surface area contributed by atoms with E-state index in [0.717, 1.165) is 43.8 Å². The smallest absolute Gasteiger partial charge is 0.164 e. The van der Waals surface area contributed by atoms with Crippen LogP contribution in [-0.2, 0) is 0 Å². The molecule has 0 aliphatic rings. The van der Waals surface area contributed by atoms with E-state index in [0.29, 0.717) is 28.0 Å². The second kappa shape index (κ2) is 10.2. The minimum Gasteiger partial charge on any atom is -0.456 e. The van der Waals surface area contributed by atoms with Crippen LogP contribution >= 0.6 is 0 Å². The van der Waals surface area contributed by atoms with Crippen molar-refractivity contribution in [3.05, 3.63) is 152 Å². The molecule has 4 heteroatoms. The Kier molecular flexibility index (Phi) is 4.91. The summed E-state index contributed by atoms with van der Waals surface area (Å²) in [5.74, 6) is 1.09. The number of hydrogen-bond donors (Lipinski definition) is 0. The fraction of sp³-hybridized carbons (Fsp3) is 0. The Balaban J connectivity index is 1.37. The third kappa shape index (κ3) is 4.27. The molecule has 210 valence electrons. The summed E-state index contributed by atoms with van der Waals surface area (Å²) in [5, 5.41) is 5.31. The van der Waals surface area contributed by atoms with Crippen molar-refractivity contribution in [2.45, 2.75) is 0 Å². The SMILES string of the molecule is [2H]c1cc([2H])c2oc3c([2H])cc([2H])c(-c4nc(-c5ccc6ccc7ccccc7c6c5)nc(-c5ccccc5-c5ccccc5)n4)c3c2c1. The van der Waals surface area contributed by atoms with Gasteiger partial charge in [0.25, 0.3) is 0 Å². The van der Waals surface area contributed by atoms with Gasteiger partial charge in [0.05, 0.1) is 5.48 Å². The van der Waals surface area contributed by atoms with Gasteiger partial charge in [-0.05, 0) is 50.8 Å². The monoisotopic (exact) mass is 579 g/mol. The average Bonchev–Trinajstić information content (AvgIpc) is 3.51. The van der Waals surface area contributed by atoms with Gasteiger partial charge in [0.1, 0.15) is 11.2 Å². The number of nitrogens with zero attached hydrogens (tertiary/aromatic N) is 3. The maximum absolute atomic E-state index is 9.12.